The average Bonchev–Trinajstić information content (AvgIpc) is 2.70. The number of nitrogens with one attached hydrogen (secondary N) is 1. The minimum Gasteiger partial charge on any atom is -0.493 e. The second-order valence-electron chi connectivity index (χ2n) is 5.80. The van der Waals surface area contributed by atoms with Crippen molar-refractivity contribution in [2.45, 2.75) is 11.6 Å². The predicted octanol–water partition coefficient (Wildman–Crippen LogP) is 2.21. The van der Waals surface area contributed by atoms with E-state index in [0.29, 0.717) is 28.6 Å². The molecule has 2 aromatic rings. The van der Waals surface area contributed by atoms with E-state index >= 15 is 0 Å². The molecule has 27 heavy (non-hydrogen) atoms. The lowest BCUT2D eigenvalue weighted by atomic mass is 10.2. The van der Waals surface area contributed by atoms with Crippen LogP contribution in [0.5, 0.6) is 11.5 Å². The van der Waals surface area contributed by atoms with Gasteiger partial charge in [0, 0.05) is 26.8 Å². The Balaban J connectivity index is 2.03. The maximum atomic E-state index is 12.4. The molecule has 1 heterocycles. The lowest BCUT2D eigenvalue weighted by Gasteiger charge is -2.14. The number of amides is 2. The Morgan fingerprint density at radius 3 is 2.67 bits per heavy atom. The summed E-state index contributed by atoms with van der Waals surface area (Å²) in [5.74, 6) is 0.636. The smallest absolute Gasteiger partial charge is 0.259 e. The molecule has 1 aromatic heterocycles. The molecule has 0 spiro atoms. The maximum Gasteiger partial charge on any atom is 0.259 e. The standard InChI is InChI=1S/C19H23N3O4S/c1-22(2)17(23)12-26-15-8-7-13(10-16(15)25-3)11-21-18(24)14-6-5-9-20-19(14)27-4/h5-10H,11-12H2,1-4H3,(H,21,24). The second-order valence-corrected chi connectivity index (χ2v) is 6.60. The molecule has 0 unspecified atom stereocenters. The Bertz CT molecular complexity index is 811. The number of benzene rings is 1. The molecule has 2 rings (SSSR count). The Labute approximate surface area is 163 Å². The first-order chi connectivity index (χ1) is 13.0. The van der Waals surface area contributed by atoms with E-state index in [-0.39, 0.29) is 18.4 Å². The number of methoxy groups -OCH3 is 1. The summed E-state index contributed by atoms with van der Waals surface area (Å²) in [6, 6.07) is 8.79. The third-order valence-corrected chi connectivity index (χ3v) is 4.45. The first-order valence-electron chi connectivity index (χ1n) is 8.23. The molecule has 0 bridgehead atoms. The molecular formula is C19H23N3O4S. The Hall–Kier alpha value is -2.74. The third-order valence-electron chi connectivity index (χ3n) is 3.74. The monoisotopic (exact) mass is 389 g/mol. The van der Waals surface area contributed by atoms with Crippen molar-refractivity contribution in [3.8, 4) is 11.5 Å². The van der Waals surface area contributed by atoms with Gasteiger partial charge in [0.2, 0.25) is 0 Å². The molecule has 0 atom stereocenters. The van der Waals surface area contributed by atoms with Crippen molar-refractivity contribution in [3.63, 3.8) is 0 Å². The van der Waals surface area contributed by atoms with E-state index in [2.05, 4.69) is 10.3 Å². The van der Waals surface area contributed by atoms with Crippen LogP contribution in [-0.2, 0) is 11.3 Å². The van der Waals surface area contributed by atoms with Crippen LogP contribution >= 0.6 is 11.8 Å². The van der Waals surface area contributed by atoms with Crippen LogP contribution in [-0.4, -0.2) is 55.8 Å². The average molecular weight is 389 g/mol. The normalized spacial score (nSPS) is 10.2. The number of ether oxygens (including phenoxy) is 2. The fraction of sp³-hybridized carbons (Fsp3) is 0.316. The van der Waals surface area contributed by atoms with Gasteiger partial charge in [-0.15, -0.1) is 11.8 Å². The molecule has 1 N–H and O–H groups in total. The highest BCUT2D eigenvalue weighted by atomic mass is 32.2. The fourth-order valence-corrected chi connectivity index (χ4v) is 2.76. The number of pyridine rings is 1. The van der Waals surface area contributed by atoms with Crippen molar-refractivity contribution < 1.29 is 19.1 Å². The topological polar surface area (TPSA) is 80.8 Å². The van der Waals surface area contributed by atoms with Crippen LogP contribution in [0.25, 0.3) is 0 Å². The third kappa shape index (κ3) is 5.62. The highest BCUT2D eigenvalue weighted by molar-refractivity contribution is 7.98. The summed E-state index contributed by atoms with van der Waals surface area (Å²) in [7, 11) is 4.86. The highest BCUT2D eigenvalue weighted by Gasteiger charge is 2.13. The van der Waals surface area contributed by atoms with Gasteiger partial charge >= 0.3 is 0 Å². The lowest BCUT2D eigenvalue weighted by molar-refractivity contribution is -0.130. The summed E-state index contributed by atoms with van der Waals surface area (Å²) in [6.45, 7) is 0.257. The van der Waals surface area contributed by atoms with Crippen molar-refractivity contribution in [2.75, 3.05) is 34.1 Å². The molecule has 2 amide bonds. The summed E-state index contributed by atoms with van der Waals surface area (Å²) >= 11 is 1.42. The van der Waals surface area contributed by atoms with Crippen LogP contribution in [0.15, 0.2) is 41.6 Å². The molecule has 0 saturated heterocycles. The van der Waals surface area contributed by atoms with Gasteiger partial charge in [-0.1, -0.05) is 6.07 Å². The number of thioether (sulfide) groups is 1. The number of carbonyl (C=O) groups is 2. The van der Waals surface area contributed by atoms with Crippen molar-refractivity contribution in [1.82, 2.24) is 15.2 Å². The van der Waals surface area contributed by atoms with Gasteiger partial charge in [0.15, 0.2) is 18.1 Å². The number of hydrogen-bond donors (Lipinski definition) is 1. The molecule has 0 fully saturated rings. The Morgan fingerprint density at radius 2 is 2.00 bits per heavy atom. The van der Waals surface area contributed by atoms with E-state index < -0.39 is 0 Å². The van der Waals surface area contributed by atoms with Gasteiger partial charge in [-0.3, -0.25) is 9.59 Å². The fourth-order valence-electron chi connectivity index (χ4n) is 2.21. The van der Waals surface area contributed by atoms with Gasteiger partial charge in [0.1, 0.15) is 5.03 Å². The number of rotatable bonds is 8. The molecule has 0 aliphatic heterocycles. The number of aromatic nitrogens is 1. The zero-order valence-electron chi connectivity index (χ0n) is 15.8. The van der Waals surface area contributed by atoms with E-state index in [1.54, 1.807) is 44.6 Å². The molecule has 0 aliphatic rings. The first kappa shape index (κ1) is 20.6. The summed E-state index contributed by atoms with van der Waals surface area (Å²) in [5, 5.41) is 3.56. The largest absolute Gasteiger partial charge is 0.493 e. The van der Waals surface area contributed by atoms with E-state index in [9.17, 15) is 9.59 Å². The van der Waals surface area contributed by atoms with Crippen LogP contribution in [0.2, 0.25) is 0 Å². The zero-order chi connectivity index (χ0) is 19.8. The SMILES string of the molecule is COc1cc(CNC(=O)c2cccnc2SC)ccc1OCC(=O)N(C)C. The summed E-state index contributed by atoms with van der Waals surface area (Å²) in [4.78, 5) is 29.7. The van der Waals surface area contributed by atoms with Gasteiger partial charge in [-0.05, 0) is 36.1 Å². The summed E-state index contributed by atoms with van der Waals surface area (Å²) < 4.78 is 10.8. The number of carbonyl (C=O) groups excluding carboxylic acids is 2. The maximum absolute atomic E-state index is 12.4. The van der Waals surface area contributed by atoms with E-state index in [4.69, 9.17) is 9.47 Å². The van der Waals surface area contributed by atoms with Gasteiger partial charge in [-0.25, -0.2) is 4.98 Å². The Morgan fingerprint density at radius 1 is 1.22 bits per heavy atom. The molecular weight excluding hydrogens is 366 g/mol. The van der Waals surface area contributed by atoms with Gasteiger partial charge in [0.05, 0.1) is 12.7 Å². The van der Waals surface area contributed by atoms with Gasteiger partial charge in [0.25, 0.3) is 11.8 Å². The van der Waals surface area contributed by atoms with E-state index in [1.807, 2.05) is 12.3 Å². The summed E-state index contributed by atoms with van der Waals surface area (Å²) in [6.07, 6.45) is 3.54. The van der Waals surface area contributed by atoms with Crippen molar-refractivity contribution in [1.29, 1.82) is 0 Å². The van der Waals surface area contributed by atoms with E-state index in [1.165, 1.54) is 23.8 Å². The molecule has 0 saturated carbocycles. The van der Waals surface area contributed by atoms with Gasteiger partial charge in [-0.2, -0.15) is 0 Å². The van der Waals surface area contributed by atoms with Crippen LogP contribution in [0, 0.1) is 0 Å². The molecule has 0 radical (unpaired) electrons. The van der Waals surface area contributed by atoms with Crippen LogP contribution < -0.4 is 14.8 Å². The predicted molar refractivity (Wildman–Crippen MR) is 104 cm³/mol. The van der Waals surface area contributed by atoms with Crippen molar-refractivity contribution in [3.05, 3.63) is 47.7 Å². The Kier molecular flexibility index (Phi) is 7.48. The molecule has 8 heteroatoms. The summed E-state index contributed by atoms with van der Waals surface area (Å²) in [5.41, 5.74) is 1.39. The molecule has 144 valence electrons. The van der Waals surface area contributed by atoms with Crippen molar-refractivity contribution >= 4 is 23.6 Å². The molecule has 0 aliphatic carbocycles. The van der Waals surface area contributed by atoms with Crippen LogP contribution in [0.1, 0.15) is 15.9 Å². The zero-order valence-corrected chi connectivity index (χ0v) is 16.6. The van der Waals surface area contributed by atoms with Gasteiger partial charge < -0.3 is 19.7 Å². The molecule has 7 nitrogen and oxygen atoms in total. The molecule has 1 aromatic carbocycles. The minimum absolute atomic E-state index is 0.0715. The quantitative estimate of drug-likeness (QED) is 0.697. The van der Waals surface area contributed by atoms with E-state index in [0.717, 1.165) is 5.56 Å². The first-order valence-corrected chi connectivity index (χ1v) is 9.45. The second kappa shape index (κ2) is 9.82. The van der Waals surface area contributed by atoms with Crippen LogP contribution in [0.3, 0.4) is 0 Å². The number of hydrogen-bond acceptors (Lipinski definition) is 6. The highest BCUT2D eigenvalue weighted by Crippen LogP contribution is 2.28. The minimum atomic E-state index is -0.191. The van der Waals surface area contributed by atoms with Crippen molar-refractivity contribution in [2.24, 2.45) is 0 Å². The lowest BCUT2D eigenvalue weighted by Crippen LogP contribution is -2.27. The van der Waals surface area contributed by atoms with Crippen LogP contribution in [0.4, 0.5) is 0 Å². The number of likely N-dealkylation sites (N-methyl/N-ethyl adjacent to an activating group) is 1. The number of nitrogens with zero attached hydrogens (tertiary/aromatic N) is 2.